The average Bonchev–Trinajstić information content (AvgIpc) is 2.52. The van der Waals surface area contributed by atoms with Gasteiger partial charge in [-0.3, -0.25) is 10.1 Å². The van der Waals surface area contributed by atoms with Crippen LogP contribution in [0.1, 0.15) is 31.1 Å². The molecular weight excluding hydrogens is 300 g/mol. The van der Waals surface area contributed by atoms with Crippen LogP contribution in [0, 0.1) is 5.92 Å². The van der Waals surface area contributed by atoms with Crippen molar-refractivity contribution in [3.63, 3.8) is 0 Å². The van der Waals surface area contributed by atoms with Gasteiger partial charge >= 0.3 is 12.0 Å². The number of amides is 3. The third kappa shape index (κ3) is 6.37. The molecular formula is C16H22N2O5. The predicted molar refractivity (Wildman–Crippen MR) is 84.3 cm³/mol. The number of nitrogens with one attached hydrogen (secondary N) is 2. The van der Waals surface area contributed by atoms with Gasteiger partial charge in [-0.05, 0) is 37.1 Å². The summed E-state index contributed by atoms with van der Waals surface area (Å²) in [5, 5.41) is 4.27. The van der Waals surface area contributed by atoms with Crippen molar-refractivity contribution in [2.75, 3.05) is 13.7 Å². The third-order valence-electron chi connectivity index (χ3n) is 2.79. The normalized spacial score (nSPS) is 11.5. The summed E-state index contributed by atoms with van der Waals surface area (Å²) in [6, 6.07) is 5.77. The van der Waals surface area contributed by atoms with E-state index >= 15 is 0 Å². The monoisotopic (exact) mass is 322 g/mol. The Balaban J connectivity index is 2.57. The van der Waals surface area contributed by atoms with Gasteiger partial charge in [0.1, 0.15) is 5.75 Å². The van der Waals surface area contributed by atoms with Gasteiger partial charge in [0.15, 0.2) is 6.10 Å². The number of hydrogen-bond donors (Lipinski definition) is 2. The lowest BCUT2D eigenvalue weighted by Crippen LogP contribution is -2.43. The smallest absolute Gasteiger partial charge is 0.338 e. The molecule has 1 atom stereocenters. The van der Waals surface area contributed by atoms with Gasteiger partial charge < -0.3 is 14.8 Å². The van der Waals surface area contributed by atoms with Gasteiger partial charge in [-0.2, -0.15) is 0 Å². The largest absolute Gasteiger partial charge is 0.493 e. The van der Waals surface area contributed by atoms with Gasteiger partial charge in [-0.25, -0.2) is 9.59 Å². The van der Waals surface area contributed by atoms with Crippen LogP contribution in [0.3, 0.4) is 0 Å². The van der Waals surface area contributed by atoms with Crippen molar-refractivity contribution >= 4 is 17.9 Å². The third-order valence-corrected chi connectivity index (χ3v) is 2.79. The molecule has 0 aliphatic carbocycles. The Morgan fingerprint density at radius 2 is 1.70 bits per heavy atom. The minimum absolute atomic E-state index is 0.293. The number of rotatable bonds is 6. The van der Waals surface area contributed by atoms with Crippen molar-refractivity contribution in [2.24, 2.45) is 5.92 Å². The Morgan fingerprint density at radius 1 is 1.09 bits per heavy atom. The molecule has 3 amide bonds. The first-order valence-corrected chi connectivity index (χ1v) is 7.30. The van der Waals surface area contributed by atoms with Crippen LogP contribution >= 0.6 is 0 Å². The molecule has 0 saturated carbocycles. The van der Waals surface area contributed by atoms with Crippen LogP contribution in [0.2, 0.25) is 0 Å². The SMILES string of the molecule is CNC(=O)NC(=O)[C@@H](C)OC(=O)c1ccc(OCC(C)C)cc1. The maximum absolute atomic E-state index is 11.9. The first-order chi connectivity index (χ1) is 10.8. The van der Waals surface area contributed by atoms with E-state index in [9.17, 15) is 14.4 Å². The van der Waals surface area contributed by atoms with Gasteiger partial charge in [0, 0.05) is 7.05 Å². The molecule has 1 rings (SSSR count). The van der Waals surface area contributed by atoms with Crippen molar-refractivity contribution in [1.29, 1.82) is 0 Å². The molecule has 0 radical (unpaired) electrons. The number of ether oxygens (including phenoxy) is 2. The van der Waals surface area contributed by atoms with Gasteiger partial charge in [0.05, 0.1) is 12.2 Å². The highest BCUT2D eigenvalue weighted by molar-refractivity contribution is 5.98. The molecule has 0 saturated heterocycles. The summed E-state index contributed by atoms with van der Waals surface area (Å²) in [5.74, 6) is -0.297. The van der Waals surface area contributed by atoms with E-state index in [1.54, 1.807) is 24.3 Å². The fourth-order valence-corrected chi connectivity index (χ4v) is 1.51. The highest BCUT2D eigenvalue weighted by Gasteiger charge is 2.20. The topological polar surface area (TPSA) is 93.7 Å². The maximum Gasteiger partial charge on any atom is 0.338 e. The van der Waals surface area contributed by atoms with E-state index < -0.39 is 24.0 Å². The molecule has 1 aromatic rings. The molecule has 7 nitrogen and oxygen atoms in total. The van der Waals surface area contributed by atoms with Gasteiger partial charge in [-0.15, -0.1) is 0 Å². The second-order valence-corrected chi connectivity index (χ2v) is 5.35. The Labute approximate surface area is 135 Å². The zero-order chi connectivity index (χ0) is 17.4. The number of carbonyl (C=O) groups is 3. The van der Waals surface area contributed by atoms with Crippen LogP contribution in [0.15, 0.2) is 24.3 Å². The van der Waals surface area contributed by atoms with Crippen LogP contribution in [0.25, 0.3) is 0 Å². The van der Waals surface area contributed by atoms with E-state index in [4.69, 9.17) is 9.47 Å². The molecule has 0 aromatic heterocycles. The number of hydrogen-bond acceptors (Lipinski definition) is 5. The van der Waals surface area contributed by atoms with E-state index in [1.807, 2.05) is 19.2 Å². The molecule has 23 heavy (non-hydrogen) atoms. The van der Waals surface area contributed by atoms with E-state index in [2.05, 4.69) is 5.32 Å². The van der Waals surface area contributed by atoms with Gasteiger partial charge in [0.25, 0.3) is 5.91 Å². The summed E-state index contributed by atoms with van der Waals surface area (Å²) in [7, 11) is 1.38. The molecule has 0 aliphatic rings. The lowest BCUT2D eigenvalue weighted by atomic mass is 10.2. The zero-order valence-electron chi connectivity index (χ0n) is 13.7. The molecule has 1 aromatic carbocycles. The quantitative estimate of drug-likeness (QED) is 0.778. The van der Waals surface area contributed by atoms with Crippen LogP contribution in [-0.2, 0) is 9.53 Å². The van der Waals surface area contributed by atoms with Crippen molar-refractivity contribution in [3.8, 4) is 5.75 Å². The lowest BCUT2D eigenvalue weighted by molar-refractivity contribution is -0.127. The summed E-state index contributed by atoms with van der Waals surface area (Å²) >= 11 is 0. The number of esters is 1. The molecule has 0 aliphatic heterocycles. The van der Waals surface area contributed by atoms with E-state index in [-0.39, 0.29) is 0 Å². The number of imide groups is 1. The van der Waals surface area contributed by atoms with Crippen molar-refractivity contribution in [2.45, 2.75) is 26.9 Å². The van der Waals surface area contributed by atoms with Crippen LogP contribution in [0.4, 0.5) is 4.79 Å². The first kappa shape index (κ1) is 18.5. The fraction of sp³-hybridized carbons (Fsp3) is 0.438. The lowest BCUT2D eigenvalue weighted by Gasteiger charge is -2.13. The molecule has 0 fully saturated rings. The number of carbonyl (C=O) groups excluding carboxylic acids is 3. The maximum atomic E-state index is 11.9. The van der Waals surface area contributed by atoms with Crippen molar-refractivity contribution < 1.29 is 23.9 Å². The summed E-state index contributed by atoms with van der Waals surface area (Å²) < 4.78 is 10.5. The highest BCUT2D eigenvalue weighted by atomic mass is 16.5. The predicted octanol–water partition coefficient (Wildman–Crippen LogP) is 1.72. The Bertz CT molecular complexity index is 554. The molecule has 0 heterocycles. The van der Waals surface area contributed by atoms with E-state index in [0.29, 0.717) is 23.8 Å². The number of urea groups is 1. The van der Waals surface area contributed by atoms with E-state index in [0.717, 1.165) is 0 Å². The molecule has 7 heteroatoms. The summed E-state index contributed by atoms with van der Waals surface area (Å²) in [4.78, 5) is 34.6. The van der Waals surface area contributed by atoms with Crippen LogP contribution < -0.4 is 15.4 Å². The highest BCUT2D eigenvalue weighted by Crippen LogP contribution is 2.14. The Morgan fingerprint density at radius 3 is 2.22 bits per heavy atom. The molecule has 0 spiro atoms. The standard InChI is InChI=1S/C16H22N2O5/c1-10(2)9-22-13-7-5-12(6-8-13)15(20)23-11(3)14(19)18-16(21)17-4/h5-8,10-11H,9H2,1-4H3,(H2,17,18,19,21)/t11-/m1/s1. The van der Waals surface area contributed by atoms with Crippen LogP contribution in [0.5, 0.6) is 5.75 Å². The van der Waals surface area contributed by atoms with E-state index in [1.165, 1.54) is 14.0 Å². The summed E-state index contributed by atoms with van der Waals surface area (Å²) in [5.41, 5.74) is 0.293. The zero-order valence-corrected chi connectivity index (χ0v) is 13.7. The second kappa shape index (κ2) is 8.77. The molecule has 0 bridgehead atoms. The molecule has 2 N–H and O–H groups in total. The van der Waals surface area contributed by atoms with Crippen molar-refractivity contribution in [1.82, 2.24) is 10.6 Å². The van der Waals surface area contributed by atoms with Gasteiger partial charge in [0.2, 0.25) is 0 Å². The summed E-state index contributed by atoms with van der Waals surface area (Å²) in [6.45, 7) is 6.05. The Hall–Kier alpha value is -2.57. The van der Waals surface area contributed by atoms with Gasteiger partial charge in [-0.1, -0.05) is 13.8 Å². The number of benzene rings is 1. The first-order valence-electron chi connectivity index (χ1n) is 7.30. The minimum atomic E-state index is -1.09. The second-order valence-electron chi connectivity index (χ2n) is 5.35. The fourth-order valence-electron chi connectivity index (χ4n) is 1.51. The molecule has 0 unspecified atom stereocenters. The average molecular weight is 322 g/mol. The Kier molecular flexibility index (Phi) is 7.05. The molecule has 126 valence electrons. The van der Waals surface area contributed by atoms with Crippen LogP contribution in [-0.4, -0.2) is 37.7 Å². The summed E-state index contributed by atoms with van der Waals surface area (Å²) in [6.07, 6.45) is -1.09. The van der Waals surface area contributed by atoms with Crippen molar-refractivity contribution in [3.05, 3.63) is 29.8 Å². The minimum Gasteiger partial charge on any atom is -0.493 e.